The molecule has 2 aliphatic heterocycles. The van der Waals surface area contributed by atoms with E-state index < -0.39 is 5.60 Å². The summed E-state index contributed by atoms with van der Waals surface area (Å²) in [5.74, 6) is -0.530. The average molecular weight is 290 g/mol. The molecule has 1 saturated heterocycles. The maximum absolute atomic E-state index is 12.3. The number of benzene rings is 1. The Morgan fingerprint density at radius 2 is 1.57 bits per heavy atom. The summed E-state index contributed by atoms with van der Waals surface area (Å²) in [6.45, 7) is 1.07. The Kier molecular flexibility index (Phi) is 3.52. The van der Waals surface area contributed by atoms with Crippen molar-refractivity contribution in [3.63, 3.8) is 0 Å². The molecule has 2 amide bonds. The van der Waals surface area contributed by atoms with Crippen LogP contribution in [0.15, 0.2) is 24.3 Å². The van der Waals surface area contributed by atoms with E-state index >= 15 is 0 Å². The van der Waals surface area contributed by atoms with Gasteiger partial charge in [-0.2, -0.15) is 0 Å². The van der Waals surface area contributed by atoms with E-state index in [2.05, 4.69) is 0 Å². The number of carbonyl (C=O) groups is 2. The van der Waals surface area contributed by atoms with Crippen molar-refractivity contribution in [1.82, 2.24) is 9.80 Å². The second kappa shape index (κ2) is 5.22. The third-order valence-corrected chi connectivity index (χ3v) is 4.30. The van der Waals surface area contributed by atoms with Crippen LogP contribution in [-0.2, 0) is 0 Å². The predicted molar refractivity (Wildman–Crippen MR) is 74.7 cm³/mol. The number of nitrogens with zero attached hydrogens (tertiary/aromatic N) is 2. The Balaban J connectivity index is 1.68. The minimum absolute atomic E-state index is 0.230. The number of carbonyl (C=O) groups excluding carboxylic acids is 2. The SMILES string of the molecule is O=C1c2ccccc2C(=O)N1CN1CCC(O)(CO)CC1. The van der Waals surface area contributed by atoms with Crippen LogP contribution < -0.4 is 0 Å². The zero-order chi connectivity index (χ0) is 15.0. The monoisotopic (exact) mass is 290 g/mol. The molecule has 0 aromatic heterocycles. The van der Waals surface area contributed by atoms with Gasteiger partial charge in [0, 0.05) is 13.1 Å². The van der Waals surface area contributed by atoms with Crippen molar-refractivity contribution >= 4 is 11.8 Å². The molecule has 2 N–H and O–H groups in total. The number of piperidine rings is 1. The highest BCUT2D eigenvalue weighted by molar-refractivity contribution is 6.21. The average Bonchev–Trinajstić information content (AvgIpc) is 2.75. The van der Waals surface area contributed by atoms with Gasteiger partial charge in [0.25, 0.3) is 11.8 Å². The van der Waals surface area contributed by atoms with E-state index in [1.165, 1.54) is 4.90 Å². The van der Waals surface area contributed by atoms with E-state index in [-0.39, 0.29) is 25.1 Å². The highest BCUT2D eigenvalue weighted by Gasteiger charge is 2.38. The van der Waals surface area contributed by atoms with Gasteiger partial charge in [0.2, 0.25) is 0 Å². The zero-order valence-corrected chi connectivity index (χ0v) is 11.7. The van der Waals surface area contributed by atoms with Gasteiger partial charge in [0.1, 0.15) is 0 Å². The van der Waals surface area contributed by atoms with E-state index in [0.29, 0.717) is 37.1 Å². The summed E-state index contributed by atoms with van der Waals surface area (Å²) in [5, 5.41) is 19.1. The van der Waals surface area contributed by atoms with Crippen LogP contribution in [0.2, 0.25) is 0 Å². The van der Waals surface area contributed by atoms with Gasteiger partial charge in [-0.25, -0.2) is 0 Å². The van der Waals surface area contributed by atoms with Crippen LogP contribution in [0.25, 0.3) is 0 Å². The first-order valence-electron chi connectivity index (χ1n) is 7.05. The number of imide groups is 1. The van der Waals surface area contributed by atoms with Crippen molar-refractivity contribution in [1.29, 1.82) is 0 Å². The van der Waals surface area contributed by atoms with E-state index in [4.69, 9.17) is 5.11 Å². The molecule has 0 radical (unpaired) electrons. The van der Waals surface area contributed by atoms with Gasteiger partial charge in [0.05, 0.1) is 30.0 Å². The van der Waals surface area contributed by atoms with E-state index in [9.17, 15) is 14.7 Å². The first-order valence-corrected chi connectivity index (χ1v) is 7.05. The van der Waals surface area contributed by atoms with Crippen LogP contribution in [0.4, 0.5) is 0 Å². The van der Waals surface area contributed by atoms with Gasteiger partial charge in [0.15, 0.2) is 0 Å². The van der Waals surface area contributed by atoms with Crippen LogP contribution in [0.3, 0.4) is 0 Å². The molecular formula is C15H18N2O4. The molecule has 0 aliphatic carbocycles. The molecule has 0 saturated carbocycles. The van der Waals surface area contributed by atoms with Crippen LogP contribution in [-0.4, -0.2) is 63.8 Å². The predicted octanol–water partition coefficient (Wildman–Crippen LogP) is 0.0593. The molecule has 21 heavy (non-hydrogen) atoms. The van der Waals surface area contributed by atoms with Crippen LogP contribution in [0, 0.1) is 0 Å². The summed E-state index contributed by atoms with van der Waals surface area (Å²) in [5.41, 5.74) is -0.129. The molecule has 1 fully saturated rings. The first kappa shape index (κ1) is 14.2. The molecule has 1 aromatic carbocycles. The third-order valence-electron chi connectivity index (χ3n) is 4.30. The lowest BCUT2D eigenvalue weighted by Crippen LogP contribution is -2.50. The fraction of sp³-hybridized carbons (Fsp3) is 0.467. The fourth-order valence-electron chi connectivity index (χ4n) is 2.84. The standard InChI is InChI=1S/C15H18N2O4/c18-9-15(21)5-7-16(8-6-15)10-17-13(19)11-3-1-2-4-12(11)14(17)20/h1-4,18,21H,5-10H2. The number of amides is 2. The minimum atomic E-state index is -1.03. The van der Waals surface area contributed by atoms with Crippen LogP contribution in [0.5, 0.6) is 0 Å². The van der Waals surface area contributed by atoms with Crippen molar-refractivity contribution in [2.45, 2.75) is 18.4 Å². The van der Waals surface area contributed by atoms with Gasteiger partial charge < -0.3 is 10.2 Å². The maximum Gasteiger partial charge on any atom is 0.262 e. The normalized spacial score (nSPS) is 21.7. The van der Waals surface area contributed by atoms with Gasteiger partial charge in [-0.1, -0.05) is 12.1 Å². The molecule has 2 aliphatic rings. The second-order valence-corrected chi connectivity index (χ2v) is 5.73. The molecule has 112 valence electrons. The van der Waals surface area contributed by atoms with Crippen molar-refractivity contribution < 1.29 is 19.8 Å². The Morgan fingerprint density at radius 3 is 2.05 bits per heavy atom. The number of likely N-dealkylation sites (tertiary alicyclic amines) is 1. The molecule has 0 atom stereocenters. The summed E-state index contributed by atoms with van der Waals surface area (Å²) in [6.07, 6.45) is 0.874. The summed E-state index contributed by atoms with van der Waals surface area (Å²) >= 11 is 0. The number of fused-ring (bicyclic) bond motifs is 1. The largest absolute Gasteiger partial charge is 0.393 e. The summed E-state index contributed by atoms with van der Waals surface area (Å²) in [6, 6.07) is 6.82. The maximum atomic E-state index is 12.3. The molecule has 2 heterocycles. The quantitative estimate of drug-likeness (QED) is 0.769. The number of hydrogen-bond acceptors (Lipinski definition) is 5. The molecule has 0 bridgehead atoms. The molecule has 0 spiro atoms. The molecular weight excluding hydrogens is 272 g/mol. The van der Waals surface area contributed by atoms with Crippen LogP contribution >= 0.6 is 0 Å². The van der Waals surface area contributed by atoms with Crippen molar-refractivity contribution in [2.24, 2.45) is 0 Å². The van der Waals surface area contributed by atoms with Crippen LogP contribution in [0.1, 0.15) is 33.6 Å². The summed E-state index contributed by atoms with van der Waals surface area (Å²) < 4.78 is 0. The highest BCUT2D eigenvalue weighted by atomic mass is 16.3. The Labute approximate surface area is 122 Å². The summed E-state index contributed by atoms with van der Waals surface area (Å²) in [7, 11) is 0. The molecule has 6 nitrogen and oxygen atoms in total. The lowest BCUT2D eigenvalue weighted by atomic mass is 9.93. The number of aliphatic hydroxyl groups is 2. The van der Waals surface area contributed by atoms with E-state index in [1.807, 2.05) is 4.90 Å². The smallest absolute Gasteiger partial charge is 0.262 e. The number of rotatable bonds is 3. The number of aliphatic hydroxyl groups excluding tert-OH is 1. The van der Waals surface area contributed by atoms with Gasteiger partial charge in [-0.05, 0) is 25.0 Å². The Morgan fingerprint density at radius 1 is 1.05 bits per heavy atom. The minimum Gasteiger partial charge on any atom is -0.393 e. The lowest BCUT2D eigenvalue weighted by molar-refractivity contribution is -0.0636. The van der Waals surface area contributed by atoms with E-state index in [0.717, 1.165) is 0 Å². The third kappa shape index (κ3) is 2.46. The lowest BCUT2D eigenvalue weighted by Gasteiger charge is -2.38. The van der Waals surface area contributed by atoms with Crippen molar-refractivity contribution in [3.8, 4) is 0 Å². The molecule has 3 rings (SSSR count). The second-order valence-electron chi connectivity index (χ2n) is 5.73. The Hall–Kier alpha value is -1.76. The highest BCUT2D eigenvalue weighted by Crippen LogP contribution is 2.25. The first-order chi connectivity index (χ1) is 10.0. The topological polar surface area (TPSA) is 81.1 Å². The van der Waals surface area contributed by atoms with Crippen molar-refractivity contribution in [3.05, 3.63) is 35.4 Å². The van der Waals surface area contributed by atoms with E-state index in [1.54, 1.807) is 24.3 Å². The zero-order valence-electron chi connectivity index (χ0n) is 11.7. The van der Waals surface area contributed by atoms with Gasteiger partial charge in [-0.3, -0.25) is 19.4 Å². The molecule has 0 unspecified atom stereocenters. The summed E-state index contributed by atoms with van der Waals surface area (Å²) in [4.78, 5) is 27.7. The van der Waals surface area contributed by atoms with Gasteiger partial charge in [-0.15, -0.1) is 0 Å². The van der Waals surface area contributed by atoms with Crippen molar-refractivity contribution in [2.75, 3.05) is 26.4 Å². The number of hydrogen-bond donors (Lipinski definition) is 2. The molecule has 1 aromatic rings. The Bertz CT molecular complexity index is 544. The van der Waals surface area contributed by atoms with Gasteiger partial charge >= 0.3 is 0 Å². The molecule has 6 heteroatoms. The fourth-order valence-corrected chi connectivity index (χ4v) is 2.84.